The van der Waals surface area contributed by atoms with Crippen LogP contribution in [0.15, 0.2) is 36.7 Å². The number of carbonyl (C=O) groups is 1. The lowest BCUT2D eigenvalue weighted by atomic mass is 10.0. The Morgan fingerprint density at radius 2 is 2.10 bits per heavy atom. The number of nitro benzene ring substituents is 1. The summed E-state index contributed by atoms with van der Waals surface area (Å²) in [5.74, 6) is 0.0236. The molecule has 2 rings (SSSR count). The highest BCUT2D eigenvalue weighted by Gasteiger charge is 2.15. The van der Waals surface area contributed by atoms with E-state index in [2.05, 4.69) is 9.72 Å². The lowest BCUT2D eigenvalue weighted by molar-refractivity contribution is -0.384. The van der Waals surface area contributed by atoms with Crippen LogP contribution in [0.3, 0.4) is 0 Å². The maximum Gasteiger partial charge on any atom is 0.511 e. The Labute approximate surface area is 113 Å². The highest BCUT2D eigenvalue weighted by Crippen LogP contribution is 2.33. The number of non-ortho nitro benzene ring substituents is 1. The molecule has 7 heteroatoms. The molecule has 0 aliphatic carbocycles. The van der Waals surface area contributed by atoms with E-state index >= 15 is 0 Å². The van der Waals surface area contributed by atoms with Crippen molar-refractivity contribution in [1.82, 2.24) is 4.98 Å². The SMILES string of the molecule is Cc1cncc(-c2cc([N+](=O)[O-])ccc2OC(=O)O)c1. The summed E-state index contributed by atoms with van der Waals surface area (Å²) in [6.45, 7) is 1.81. The summed E-state index contributed by atoms with van der Waals surface area (Å²) < 4.78 is 4.64. The Morgan fingerprint density at radius 3 is 2.70 bits per heavy atom. The maximum atomic E-state index is 10.8. The Hall–Kier alpha value is -2.96. The number of rotatable bonds is 3. The zero-order valence-electron chi connectivity index (χ0n) is 10.4. The second kappa shape index (κ2) is 5.35. The number of pyridine rings is 1. The van der Waals surface area contributed by atoms with E-state index in [0.29, 0.717) is 11.1 Å². The quantitative estimate of drug-likeness (QED) is 0.399. The predicted octanol–water partition coefficient (Wildman–Crippen LogP) is 3.02. The molecule has 1 aromatic carbocycles. The molecule has 20 heavy (non-hydrogen) atoms. The first kappa shape index (κ1) is 13.5. The van der Waals surface area contributed by atoms with E-state index in [1.165, 1.54) is 24.4 Å². The molecule has 1 aromatic heterocycles. The van der Waals surface area contributed by atoms with Crippen molar-refractivity contribution in [2.75, 3.05) is 0 Å². The van der Waals surface area contributed by atoms with Crippen molar-refractivity contribution >= 4 is 11.8 Å². The Bertz CT molecular complexity index is 684. The molecule has 0 saturated carbocycles. The van der Waals surface area contributed by atoms with Crippen molar-refractivity contribution in [3.8, 4) is 16.9 Å². The molecular formula is C13H10N2O5. The lowest BCUT2D eigenvalue weighted by Crippen LogP contribution is -2.04. The van der Waals surface area contributed by atoms with Gasteiger partial charge in [0.05, 0.1) is 4.92 Å². The number of hydrogen-bond acceptors (Lipinski definition) is 5. The standard InChI is InChI=1S/C13H10N2O5/c1-8-4-9(7-14-6-8)11-5-10(15(18)19)2-3-12(11)20-13(16)17/h2-7H,1H3,(H,16,17). The first-order chi connectivity index (χ1) is 9.47. The van der Waals surface area contributed by atoms with E-state index in [0.717, 1.165) is 5.56 Å². The minimum absolute atomic E-state index is 0.0236. The van der Waals surface area contributed by atoms with Gasteiger partial charge in [-0.05, 0) is 24.6 Å². The Morgan fingerprint density at radius 1 is 1.35 bits per heavy atom. The van der Waals surface area contributed by atoms with Gasteiger partial charge >= 0.3 is 6.16 Å². The molecule has 0 fully saturated rings. The van der Waals surface area contributed by atoms with Gasteiger partial charge in [0.1, 0.15) is 5.75 Å². The van der Waals surface area contributed by atoms with Gasteiger partial charge in [-0.25, -0.2) is 4.79 Å². The van der Waals surface area contributed by atoms with Crippen LogP contribution in [0.4, 0.5) is 10.5 Å². The second-order valence-corrected chi connectivity index (χ2v) is 4.06. The van der Waals surface area contributed by atoms with Crippen molar-refractivity contribution < 1.29 is 19.6 Å². The zero-order valence-corrected chi connectivity index (χ0v) is 10.4. The largest absolute Gasteiger partial charge is 0.511 e. The van der Waals surface area contributed by atoms with Crippen molar-refractivity contribution in [3.63, 3.8) is 0 Å². The first-order valence-electron chi connectivity index (χ1n) is 5.58. The summed E-state index contributed by atoms with van der Waals surface area (Å²) >= 11 is 0. The van der Waals surface area contributed by atoms with Crippen molar-refractivity contribution in [2.45, 2.75) is 6.92 Å². The van der Waals surface area contributed by atoms with E-state index in [-0.39, 0.29) is 11.4 Å². The normalized spacial score (nSPS) is 10.1. The summed E-state index contributed by atoms with van der Waals surface area (Å²) in [5, 5.41) is 19.5. The van der Waals surface area contributed by atoms with E-state index < -0.39 is 11.1 Å². The number of nitro groups is 1. The molecule has 0 spiro atoms. The molecule has 0 aliphatic rings. The molecule has 0 aliphatic heterocycles. The molecule has 7 nitrogen and oxygen atoms in total. The summed E-state index contributed by atoms with van der Waals surface area (Å²) in [5.41, 5.74) is 1.54. The van der Waals surface area contributed by atoms with Gasteiger partial charge < -0.3 is 9.84 Å². The highest BCUT2D eigenvalue weighted by atomic mass is 16.7. The molecule has 0 atom stereocenters. The minimum Gasteiger partial charge on any atom is -0.449 e. The zero-order chi connectivity index (χ0) is 14.7. The number of benzene rings is 1. The molecule has 0 saturated heterocycles. The molecule has 0 amide bonds. The molecule has 0 unspecified atom stereocenters. The smallest absolute Gasteiger partial charge is 0.449 e. The monoisotopic (exact) mass is 274 g/mol. The number of hydrogen-bond donors (Lipinski definition) is 1. The summed E-state index contributed by atoms with van der Waals surface area (Å²) in [4.78, 5) is 24.9. The van der Waals surface area contributed by atoms with Crippen LogP contribution in [0, 0.1) is 17.0 Å². The van der Waals surface area contributed by atoms with E-state index in [1.807, 2.05) is 6.92 Å². The van der Waals surface area contributed by atoms with Gasteiger partial charge in [-0.15, -0.1) is 0 Å². The van der Waals surface area contributed by atoms with E-state index in [9.17, 15) is 14.9 Å². The molecule has 102 valence electrons. The molecule has 1 heterocycles. The molecular weight excluding hydrogens is 264 g/mol. The fraction of sp³-hybridized carbons (Fsp3) is 0.0769. The van der Waals surface area contributed by atoms with E-state index in [4.69, 9.17) is 5.11 Å². The average Bonchev–Trinajstić information content (AvgIpc) is 2.38. The van der Waals surface area contributed by atoms with Gasteiger partial charge in [-0.3, -0.25) is 15.1 Å². The van der Waals surface area contributed by atoms with Crippen LogP contribution in [0.1, 0.15) is 5.56 Å². The van der Waals surface area contributed by atoms with Gasteiger partial charge in [0, 0.05) is 35.7 Å². The second-order valence-electron chi connectivity index (χ2n) is 4.06. The minimum atomic E-state index is -1.49. The lowest BCUT2D eigenvalue weighted by Gasteiger charge is -2.08. The third-order valence-corrected chi connectivity index (χ3v) is 2.56. The highest BCUT2D eigenvalue weighted by molar-refractivity contribution is 5.76. The van der Waals surface area contributed by atoms with Crippen LogP contribution in [-0.2, 0) is 0 Å². The van der Waals surface area contributed by atoms with Crippen LogP contribution in [0.25, 0.3) is 11.1 Å². The van der Waals surface area contributed by atoms with Crippen LogP contribution >= 0.6 is 0 Å². The fourth-order valence-electron chi connectivity index (χ4n) is 1.74. The first-order valence-corrected chi connectivity index (χ1v) is 5.58. The van der Waals surface area contributed by atoms with E-state index in [1.54, 1.807) is 12.3 Å². The van der Waals surface area contributed by atoms with Gasteiger partial charge in [-0.2, -0.15) is 0 Å². The predicted molar refractivity (Wildman–Crippen MR) is 69.7 cm³/mol. The maximum absolute atomic E-state index is 10.8. The number of aromatic nitrogens is 1. The summed E-state index contributed by atoms with van der Waals surface area (Å²) in [6.07, 6.45) is 1.63. The average molecular weight is 274 g/mol. The van der Waals surface area contributed by atoms with Crippen LogP contribution in [-0.4, -0.2) is 21.2 Å². The summed E-state index contributed by atoms with van der Waals surface area (Å²) in [7, 11) is 0. The van der Waals surface area contributed by atoms with Crippen LogP contribution in [0.5, 0.6) is 5.75 Å². The fourth-order valence-corrected chi connectivity index (χ4v) is 1.74. The van der Waals surface area contributed by atoms with Crippen molar-refractivity contribution in [2.24, 2.45) is 0 Å². The third-order valence-electron chi connectivity index (χ3n) is 2.56. The molecule has 0 bridgehead atoms. The molecule has 0 radical (unpaired) electrons. The van der Waals surface area contributed by atoms with Crippen LogP contribution < -0.4 is 4.74 Å². The summed E-state index contributed by atoms with van der Waals surface area (Å²) in [6, 6.07) is 5.43. The third kappa shape index (κ3) is 2.89. The molecule has 2 aromatic rings. The molecule has 1 N–H and O–H groups in total. The number of ether oxygens (including phenoxy) is 1. The number of nitrogens with zero attached hydrogens (tertiary/aromatic N) is 2. The number of carboxylic acid groups (broad SMARTS) is 1. The van der Waals surface area contributed by atoms with Crippen molar-refractivity contribution in [1.29, 1.82) is 0 Å². The topological polar surface area (TPSA) is 103 Å². The van der Waals surface area contributed by atoms with Crippen molar-refractivity contribution in [3.05, 3.63) is 52.3 Å². The Kier molecular flexibility index (Phi) is 3.60. The van der Waals surface area contributed by atoms with Crippen LogP contribution in [0.2, 0.25) is 0 Å². The van der Waals surface area contributed by atoms with Gasteiger partial charge in [0.15, 0.2) is 0 Å². The van der Waals surface area contributed by atoms with Gasteiger partial charge in [-0.1, -0.05) is 0 Å². The van der Waals surface area contributed by atoms with Gasteiger partial charge in [0.25, 0.3) is 5.69 Å². The van der Waals surface area contributed by atoms with Gasteiger partial charge in [0.2, 0.25) is 0 Å². The Balaban J connectivity index is 2.59. The number of aryl methyl sites for hydroxylation is 1.